The molecule has 3 nitrogen and oxygen atoms in total. The number of nitrogens with two attached hydrogens (primary N) is 1. The first-order valence-corrected chi connectivity index (χ1v) is 6.75. The van der Waals surface area contributed by atoms with Crippen molar-refractivity contribution in [2.45, 2.75) is 25.4 Å². The smallest absolute Gasteiger partial charge is 0.399 e. The van der Waals surface area contributed by atoms with Crippen molar-refractivity contribution in [3.8, 4) is 0 Å². The lowest BCUT2D eigenvalue weighted by molar-refractivity contribution is -0.132. The number of hydrogen-bond donors (Lipinski definition) is 1. The number of anilines is 1. The van der Waals surface area contributed by atoms with E-state index < -0.39 is 11.7 Å². The van der Waals surface area contributed by atoms with Crippen LogP contribution in [0.4, 0.5) is 18.9 Å². The molecule has 6 heteroatoms. The summed E-state index contributed by atoms with van der Waals surface area (Å²) in [4.78, 5) is 13.5. The number of rotatable bonds is 3. The molecule has 0 fully saturated rings. The SMILES string of the molecule is Nc1ccccc1CCC(=O)N1CC=C(C(F)(F)F)CC1. The van der Waals surface area contributed by atoms with Gasteiger partial charge in [0.25, 0.3) is 0 Å². The number of amides is 1. The molecule has 1 aromatic rings. The van der Waals surface area contributed by atoms with Crippen LogP contribution in [0.2, 0.25) is 0 Å². The summed E-state index contributed by atoms with van der Waals surface area (Å²) in [6.45, 7) is 0.145. The van der Waals surface area contributed by atoms with Gasteiger partial charge in [0.1, 0.15) is 0 Å². The molecule has 0 unspecified atom stereocenters. The predicted molar refractivity (Wildman–Crippen MR) is 74.5 cm³/mol. The van der Waals surface area contributed by atoms with Crippen molar-refractivity contribution >= 4 is 11.6 Å². The first-order valence-electron chi connectivity index (χ1n) is 6.75. The Kier molecular flexibility index (Phi) is 4.55. The molecule has 1 aliphatic heterocycles. The lowest BCUT2D eigenvalue weighted by Crippen LogP contribution is -2.36. The minimum atomic E-state index is -4.28. The molecule has 0 saturated carbocycles. The topological polar surface area (TPSA) is 46.3 Å². The summed E-state index contributed by atoms with van der Waals surface area (Å²) in [5.74, 6) is -0.143. The maximum atomic E-state index is 12.5. The summed E-state index contributed by atoms with van der Waals surface area (Å²) in [5.41, 5.74) is 6.76. The number of aryl methyl sites for hydroxylation is 1. The third-order valence-electron chi connectivity index (χ3n) is 3.59. The fraction of sp³-hybridized carbons (Fsp3) is 0.400. The summed E-state index contributed by atoms with van der Waals surface area (Å²) < 4.78 is 37.5. The third kappa shape index (κ3) is 4.00. The highest BCUT2D eigenvalue weighted by Gasteiger charge is 2.35. The number of para-hydroxylation sites is 1. The van der Waals surface area contributed by atoms with Gasteiger partial charge in [0.15, 0.2) is 0 Å². The quantitative estimate of drug-likeness (QED) is 0.689. The zero-order chi connectivity index (χ0) is 15.5. The van der Waals surface area contributed by atoms with E-state index in [1.54, 1.807) is 6.07 Å². The van der Waals surface area contributed by atoms with Gasteiger partial charge in [0.05, 0.1) is 0 Å². The van der Waals surface area contributed by atoms with E-state index >= 15 is 0 Å². The molecule has 0 aliphatic carbocycles. The lowest BCUT2D eigenvalue weighted by atomic mass is 10.1. The highest BCUT2D eigenvalue weighted by molar-refractivity contribution is 5.77. The van der Waals surface area contributed by atoms with Crippen LogP contribution in [0, 0.1) is 0 Å². The van der Waals surface area contributed by atoms with E-state index in [1.165, 1.54) is 4.90 Å². The van der Waals surface area contributed by atoms with Gasteiger partial charge < -0.3 is 10.6 Å². The highest BCUT2D eigenvalue weighted by atomic mass is 19.4. The average Bonchev–Trinajstić information content (AvgIpc) is 2.45. The van der Waals surface area contributed by atoms with Crippen molar-refractivity contribution in [3.63, 3.8) is 0 Å². The fourth-order valence-electron chi connectivity index (χ4n) is 2.31. The van der Waals surface area contributed by atoms with Gasteiger partial charge in [-0.3, -0.25) is 4.79 Å². The molecule has 1 aromatic carbocycles. The summed E-state index contributed by atoms with van der Waals surface area (Å²) in [7, 11) is 0. The molecule has 1 aliphatic rings. The van der Waals surface area contributed by atoms with Crippen LogP contribution in [-0.2, 0) is 11.2 Å². The number of halogens is 3. The van der Waals surface area contributed by atoms with Crippen LogP contribution in [0.15, 0.2) is 35.9 Å². The molecule has 1 amide bonds. The van der Waals surface area contributed by atoms with Gasteiger partial charge in [-0.25, -0.2) is 0 Å². The normalized spacial score (nSPS) is 15.8. The number of alkyl halides is 3. The van der Waals surface area contributed by atoms with Gasteiger partial charge in [0, 0.05) is 30.8 Å². The number of nitrogens with zero attached hydrogens (tertiary/aromatic N) is 1. The van der Waals surface area contributed by atoms with E-state index in [0.717, 1.165) is 11.6 Å². The van der Waals surface area contributed by atoms with E-state index in [2.05, 4.69) is 0 Å². The second kappa shape index (κ2) is 6.20. The Bertz CT molecular complexity index is 552. The summed E-state index contributed by atoms with van der Waals surface area (Å²) in [6.07, 6.45) is -2.57. The van der Waals surface area contributed by atoms with Gasteiger partial charge in [-0.05, 0) is 24.5 Å². The van der Waals surface area contributed by atoms with Crippen molar-refractivity contribution in [2.75, 3.05) is 18.8 Å². The average molecular weight is 298 g/mol. The molecule has 21 heavy (non-hydrogen) atoms. The molecular formula is C15H17F3N2O. The van der Waals surface area contributed by atoms with Gasteiger partial charge in [-0.2, -0.15) is 13.2 Å². The molecule has 2 N–H and O–H groups in total. The number of nitrogen functional groups attached to an aromatic ring is 1. The Balaban J connectivity index is 1.89. The van der Waals surface area contributed by atoms with E-state index in [0.29, 0.717) is 12.1 Å². The molecule has 114 valence electrons. The maximum absolute atomic E-state index is 12.5. The summed E-state index contributed by atoms with van der Waals surface area (Å²) in [5, 5.41) is 0. The Morgan fingerprint density at radius 2 is 2.00 bits per heavy atom. The van der Waals surface area contributed by atoms with Crippen molar-refractivity contribution in [1.29, 1.82) is 0 Å². The Morgan fingerprint density at radius 1 is 1.29 bits per heavy atom. The van der Waals surface area contributed by atoms with Crippen LogP contribution < -0.4 is 5.73 Å². The van der Waals surface area contributed by atoms with Crippen LogP contribution in [0.1, 0.15) is 18.4 Å². The fourth-order valence-corrected chi connectivity index (χ4v) is 2.31. The number of benzene rings is 1. The van der Waals surface area contributed by atoms with Crippen molar-refractivity contribution < 1.29 is 18.0 Å². The molecule has 0 saturated heterocycles. The lowest BCUT2D eigenvalue weighted by Gasteiger charge is -2.27. The molecular weight excluding hydrogens is 281 g/mol. The van der Waals surface area contributed by atoms with Gasteiger partial charge in [0.2, 0.25) is 5.91 Å². The number of carbonyl (C=O) groups is 1. The van der Waals surface area contributed by atoms with Crippen LogP contribution in [-0.4, -0.2) is 30.1 Å². The highest BCUT2D eigenvalue weighted by Crippen LogP contribution is 2.30. The minimum Gasteiger partial charge on any atom is -0.399 e. The van der Waals surface area contributed by atoms with Gasteiger partial charge in [-0.15, -0.1) is 0 Å². The monoisotopic (exact) mass is 298 g/mol. The van der Waals surface area contributed by atoms with Crippen LogP contribution >= 0.6 is 0 Å². The predicted octanol–water partition coefficient (Wildman–Crippen LogP) is 2.92. The molecule has 0 radical (unpaired) electrons. The molecule has 1 heterocycles. The molecule has 0 spiro atoms. The first kappa shape index (κ1) is 15.4. The Morgan fingerprint density at radius 3 is 2.57 bits per heavy atom. The Labute approximate surface area is 121 Å². The zero-order valence-corrected chi connectivity index (χ0v) is 11.5. The van der Waals surface area contributed by atoms with E-state index in [9.17, 15) is 18.0 Å². The summed E-state index contributed by atoms with van der Waals surface area (Å²) in [6, 6.07) is 7.27. The van der Waals surface area contributed by atoms with E-state index in [1.807, 2.05) is 18.2 Å². The molecule has 0 bridgehead atoms. The van der Waals surface area contributed by atoms with Crippen molar-refractivity contribution in [2.24, 2.45) is 0 Å². The zero-order valence-electron chi connectivity index (χ0n) is 11.5. The number of hydrogen-bond acceptors (Lipinski definition) is 2. The van der Waals surface area contributed by atoms with Crippen LogP contribution in [0.5, 0.6) is 0 Å². The molecule has 0 atom stereocenters. The van der Waals surface area contributed by atoms with Gasteiger partial charge >= 0.3 is 6.18 Å². The van der Waals surface area contributed by atoms with E-state index in [-0.39, 0.29) is 31.8 Å². The maximum Gasteiger partial charge on any atom is 0.412 e. The third-order valence-corrected chi connectivity index (χ3v) is 3.59. The van der Waals surface area contributed by atoms with Crippen LogP contribution in [0.3, 0.4) is 0 Å². The Hall–Kier alpha value is -1.98. The second-order valence-electron chi connectivity index (χ2n) is 5.02. The van der Waals surface area contributed by atoms with Crippen LogP contribution in [0.25, 0.3) is 0 Å². The van der Waals surface area contributed by atoms with Crippen molar-refractivity contribution in [3.05, 3.63) is 41.5 Å². The van der Waals surface area contributed by atoms with Gasteiger partial charge in [-0.1, -0.05) is 24.3 Å². The number of carbonyl (C=O) groups excluding carboxylic acids is 1. The first-order chi connectivity index (χ1) is 9.88. The van der Waals surface area contributed by atoms with E-state index in [4.69, 9.17) is 5.73 Å². The van der Waals surface area contributed by atoms with Crippen molar-refractivity contribution in [1.82, 2.24) is 4.90 Å². The molecule has 0 aromatic heterocycles. The largest absolute Gasteiger partial charge is 0.412 e. The molecule has 2 rings (SSSR count). The summed E-state index contributed by atoms with van der Waals surface area (Å²) >= 11 is 0. The standard InChI is InChI=1S/C15H17F3N2O/c16-15(17,18)12-7-9-20(10-8-12)14(21)6-5-11-3-1-2-4-13(11)19/h1-4,7H,5-6,8-10,19H2. The second-order valence-corrected chi connectivity index (χ2v) is 5.02. The minimum absolute atomic E-state index is 0.0257.